The first-order valence-corrected chi connectivity index (χ1v) is 5.93. The molecule has 0 saturated carbocycles. The maximum absolute atomic E-state index is 11.9. The highest BCUT2D eigenvalue weighted by Gasteiger charge is 2.06. The highest BCUT2D eigenvalue weighted by molar-refractivity contribution is 9.10. The number of hydrogen-bond acceptors (Lipinski definition) is 2. The second-order valence-electron chi connectivity index (χ2n) is 3.65. The van der Waals surface area contributed by atoms with Crippen LogP contribution in [0.5, 0.6) is 0 Å². The number of carbonyl (C=O) groups is 1. The lowest BCUT2D eigenvalue weighted by atomic mass is 10.2. The zero-order valence-corrected chi connectivity index (χ0v) is 12.1. The third-order valence-electron chi connectivity index (χ3n) is 2.38. The van der Waals surface area contributed by atoms with E-state index in [0.717, 1.165) is 15.7 Å². The average molecular weight is 328 g/mol. The lowest BCUT2D eigenvalue weighted by Gasteiger charge is -2.08. The number of rotatable bonds is 2. The molecule has 0 aliphatic rings. The van der Waals surface area contributed by atoms with Crippen molar-refractivity contribution >= 4 is 39.9 Å². The van der Waals surface area contributed by atoms with E-state index in [0.29, 0.717) is 5.56 Å². The Kier molecular flexibility index (Phi) is 5.31. The lowest BCUT2D eigenvalue weighted by molar-refractivity contribution is 0.102. The van der Waals surface area contributed by atoms with Crippen molar-refractivity contribution in [2.75, 3.05) is 5.32 Å². The zero-order chi connectivity index (χ0) is 12.3. The van der Waals surface area contributed by atoms with Gasteiger partial charge in [0.1, 0.15) is 0 Å². The van der Waals surface area contributed by atoms with Gasteiger partial charge < -0.3 is 5.32 Å². The number of anilines is 1. The van der Waals surface area contributed by atoms with Crippen molar-refractivity contribution in [2.24, 2.45) is 0 Å². The maximum Gasteiger partial charge on any atom is 0.255 e. The molecule has 0 bridgehead atoms. The van der Waals surface area contributed by atoms with Gasteiger partial charge in [-0.15, -0.1) is 12.4 Å². The fraction of sp³-hybridized carbons (Fsp3) is 0.0769. The van der Waals surface area contributed by atoms with Crippen LogP contribution >= 0.6 is 28.3 Å². The Labute approximate surface area is 120 Å². The van der Waals surface area contributed by atoms with E-state index in [1.54, 1.807) is 24.5 Å². The molecule has 1 aromatic heterocycles. The van der Waals surface area contributed by atoms with Crippen LogP contribution in [0.25, 0.3) is 0 Å². The molecule has 94 valence electrons. The molecule has 0 radical (unpaired) electrons. The van der Waals surface area contributed by atoms with Gasteiger partial charge in [0.05, 0.1) is 0 Å². The van der Waals surface area contributed by atoms with E-state index in [1.165, 1.54) is 0 Å². The summed E-state index contributed by atoms with van der Waals surface area (Å²) in [5.74, 6) is -0.127. The standard InChI is InChI=1S/C13H11BrN2O.ClH/c1-9-8-11(14)2-3-12(9)16-13(17)10-4-6-15-7-5-10;/h2-8H,1H3,(H,16,17);1H. The van der Waals surface area contributed by atoms with Crippen LogP contribution < -0.4 is 5.32 Å². The molecule has 2 rings (SSSR count). The van der Waals surface area contributed by atoms with E-state index >= 15 is 0 Å². The second kappa shape index (κ2) is 6.52. The maximum atomic E-state index is 11.9. The summed E-state index contributed by atoms with van der Waals surface area (Å²) in [6, 6.07) is 9.10. The van der Waals surface area contributed by atoms with Gasteiger partial charge in [-0.05, 0) is 42.8 Å². The fourth-order valence-electron chi connectivity index (χ4n) is 1.47. The second-order valence-corrected chi connectivity index (χ2v) is 4.56. The van der Waals surface area contributed by atoms with Crippen molar-refractivity contribution in [3.8, 4) is 0 Å². The van der Waals surface area contributed by atoms with Crippen molar-refractivity contribution < 1.29 is 4.79 Å². The van der Waals surface area contributed by atoms with E-state index in [-0.39, 0.29) is 18.3 Å². The Morgan fingerprint density at radius 1 is 1.22 bits per heavy atom. The molecule has 0 atom stereocenters. The molecule has 0 fully saturated rings. The van der Waals surface area contributed by atoms with E-state index in [9.17, 15) is 4.79 Å². The molecule has 2 aromatic rings. The monoisotopic (exact) mass is 326 g/mol. The van der Waals surface area contributed by atoms with Crippen molar-refractivity contribution in [3.05, 3.63) is 58.3 Å². The summed E-state index contributed by atoms with van der Waals surface area (Å²) >= 11 is 3.39. The summed E-state index contributed by atoms with van der Waals surface area (Å²) in [7, 11) is 0. The van der Waals surface area contributed by atoms with Crippen LogP contribution in [0, 0.1) is 6.92 Å². The molecule has 1 heterocycles. The lowest BCUT2D eigenvalue weighted by Crippen LogP contribution is -2.12. The quantitative estimate of drug-likeness (QED) is 0.911. The minimum atomic E-state index is -0.127. The van der Waals surface area contributed by atoms with Crippen molar-refractivity contribution in [3.63, 3.8) is 0 Å². The van der Waals surface area contributed by atoms with Crippen LogP contribution in [0.2, 0.25) is 0 Å². The van der Waals surface area contributed by atoms with Crippen LogP contribution in [-0.2, 0) is 0 Å². The van der Waals surface area contributed by atoms with Gasteiger partial charge in [-0.25, -0.2) is 0 Å². The number of nitrogens with one attached hydrogen (secondary N) is 1. The van der Waals surface area contributed by atoms with E-state index in [4.69, 9.17) is 0 Å². The number of carbonyl (C=O) groups excluding carboxylic acids is 1. The summed E-state index contributed by atoms with van der Waals surface area (Å²) in [5, 5.41) is 2.87. The van der Waals surface area contributed by atoms with Crippen LogP contribution in [0.1, 0.15) is 15.9 Å². The number of benzene rings is 1. The van der Waals surface area contributed by atoms with Gasteiger partial charge in [0.2, 0.25) is 0 Å². The van der Waals surface area contributed by atoms with Crippen LogP contribution in [0.4, 0.5) is 5.69 Å². The fourth-order valence-corrected chi connectivity index (χ4v) is 1.94. The van der Waals surface area contributed by atoms with Gasteiger partial charge in [-0.2, -0.15) is 0 Å². The first kappa shape index (κ1) is 14.7. The third-order valence-corrected chi connectivity index (χ3v) is 2.87. The molecule has 1 aromatic carbocycles. The smallest absolute Gasteiger partial charge is 0.255 e. The van der Waals surface area contributed by atoms with Crippen molar-refractivity contribution in [2.45, 2.75) is 6.92 Å². The minimum Gasteiger partial charge on any atom is -0.322 e. The molecule has 0 saturated heterocycles. The number of aromatic nitrogens is 1. The first-order valence-electron chi connectivity index (χ1n) is 5.14. The normalized spacial score (nSPS) is 9.44. The molecule has 3 nitrogen and oxygen atoms in total. The summed E-state index contributed by atoms with van der Waals surface area (Å²) < 4.78 is 0.997. The Morgan fingerprint density at radius 3 is 2.50 bits per heavy atom. The van der Waals surface area contributed by atoms with Crippen molar-refractivity contribution in [1.82, 2.24) is 4.98 Å². The number of amides is 1. The Bertz CT molecular complexity index is 546. The van der Waals surface area contributed by atoms with E-state index in [1.807, 2.05) is 25.1 Å². The molecular formula is C13H12BrClN2O. The van der Waals surface area contributed by atoms with Gasteiger partial charge in [0, 0.05) is 28.1 Å². The predicted octanol–water partition coefficient (Wildman–Crippen LogP) is 3.83. The number of aryl methyl sites for hydroxylation is 1. The largest absolute Gasteiger partial charge is 0.322 e. The molecule has 0 unspecified atom stereocenters. The highest BCUT2D eigenvalue weighted by Crippen LogP contribution is 2.20. The van der Waals surface area contributed by atoms with Crippen LogP contribution in [-0.4, -0.2) is 10.9 Å². The van der Waals surface area contributed by atoms with Gasteiger partial charge in [-0.1, -0.05) is 15.9 Å². The Hall–Kier alpha value is -1.39. The molecule has 1 N–H and O–H groups in total. The molecule has 18 heavy (non-hydrogen) atoms. The number of halogens is 2. The van der Waals surface area contributed by atoms with Crippen LogP contribution in [0.3, 0.4) is 0 Å². The van der Waals surface area contributed by atoms with Gasteiger partial charge >= 0.3 is 0 Å². The highest BCUT2D eigenvalue weighted by atomic mass is 79.9. The minimum absolute atomic E-state index is 0. The molecule has 0 aliphatic heterocycles. The summed E-state index contributed by atoms with van der Waals surface area (Å²) in [5.41, 5.74) is 2.43. The van der Waals surface area contributed by atoms with E-state index in [2.05, 4.69) is 26.2 Å². The SMILES string of the molecule is Cc1cc(Br)ccc1NC(=O)c1ccncc1.Cl. The van der Waals surface area contributed by atoms with Crippen LogP contribution in [0.15, 0.2) is 47.2 Å². The Morgan fingerprint density at radius 2 is 1.89 bits per heavy atom. The summed E-state index contributed by atoms with van der Waals surface area (Å²) in [6.45, 7) is 1.95. The van der Waals surface area contributed by atoms with Crippen molar-refractivity contribution in [1.29, 1.82) is 0 Å². The Balaban J connectivity index is 0.00000162. The van der Waals surface area contributed by atoms with Gasteiger partial charge in [0.25, 0.3) is 5.91 Å². The molecule has 1 amide bonds. The summed E-state index contributed by atoms with van der Waals surface area (Å²) in [6.07, 6.45) is 3.20. The van der Waals surface area contributed by atoms with Gasteiger partial charge in [0.15, 0.2) is 0 Å². The third kappa shape index (κ3) is 3.55. The molecule has 0 aliphatic carbocycles. The topological polar surface area (TPSA) is 42.0 Å². The first-order chi connectivity index (χ1) is 8.16. The number of nitrogens with zero attached hydrogens (tertiary/aromatic N) is 1. The number of pyridine rings is 1. The van der Waals surface area contributed by atoms with Gasteiger partial charge in [-0.3, -0.25) is 9.78 Å². The summed E-state index contributed by atoms with van der Waals surface area (Å²) in [4.78, 5) is 15.8. The zero-order valence-electron chi connectivity index (χ0n) is 9.68. The van der Waals surface area contributed by atoms with E-state index < -0.39 is 0 Å². The number of hydrogen-bond donors (Lipinski definition) is 1. The predicted molar refractivity (Wildman–Crippen MR) is 78.3 cm³/mol. The average Bonchev–Trinajstić information content (AvgIpc) is 2.34. The molecular weight excluding hydrogens is 316 g/mol. The molecule has 0 spiro atoms. The molecule has 5 heteroatoms.